The number of hydrogen-bond acceptors (Lipinski definition) is 8. The molecule has 0 aliphatic carbocycles. The fourth-order valence-electron chi connectivity index (χ4n) is 5.27. The van der Waals surface area contributed by atoms with Crippen LogP contribution < -0.4 is 16.1 Å². The number of halogens is 1. The Hall–Kier alpha value is -3.60. The lowest BCUT2D eigenvalue weighted by atomic mass is 10.1. The van der Waals surface area contributed by atoms with Crippen LogP contribution in [0.2, 0.25) is 5.02 Å². The van der Waals surface area contributed by atoms with Gasteiger partial charge in [-0.1, -0.05) is 11.6 Å². The molecule has 4 aromatic heterocycles. The minimum Gasteiger partial charge on any atom is -0.370 e. The fraction of sp³-hybridized carbons (Fsp3) is 0.321. The Morgan fingerprint density at radius 2 is 2.10 bits per heavy atom. The number of anilines is 1. The number of likely N-dealkylation sites (tertiary alicyclic amines) is 1. The zero-order valence-electron chi connectivity index (χ0n) is 21.5. The second-order valence-electron chi connectivity index (χ2n) is 9.82. The van der Waals surface area contributed by atoms with Gasteiger partial charge in [-0.15, -0.1) is 11.3 Å². The van der Waals surface area contributed by atoms with Crippen molar-refractivity contribution in [1.82, 2.24) is 29.6 Å². The lowest BCUT2D eigenvalue weighted by Crippen LogP contribution is -2.34. The normalized spacial score (nSPS) is 15.9. The summed E-state index contributed by atoms with van der Waals surface area (Å²) in [6.07, 6.45) is 8.89. The molecule has 1 aliphatic heterocycles. The molecule has 0 spiro atoms. The van der Waals surface area contributed by atoms with E-state index in [2.05, 4.69) is 32.5 Å². The van der Waals surface area contributed by atoms with E-state index < -0.39 is 0 Å². The van der Waals surface area contributed by atoms with Crippen LogP contribution in [0.4, 0.5) is 5.82 Å². The summed E-state index contributed by atoms with van der Waals surface area (Å²) >= 11 is 7.76. The van der Waals surface area contributed by atoms with Gasteiger partial charge < -0.3 is 15.5 Å². The van der Waals surface area contributed by atoms with Crippen molar-refractivity contribution in [2.24, 2.45) is 0 Å². The van der Waals surface area contributed by atoms with E-state index in [-0.39, 0.29) is 16.9 Å². The van der Waals surface area contributed by atoms with Crippen molar-refractivity contribution >= 4 is 60.7 Å². The molecule has 0 radical (unpaired) electrons. The second kappa shape index (κ2) is 10.9. The molecule has 1 unspecified atom stereocenters. The van der Waals surface area contributed by atoms with Crippen LogP contribution in [0.1, 0.15) is 35.3 Å². The predicted molar refractivity (Wildman–Crippen MR) is 156 cm³/mol. The summed E-state index contributed by atoms with van der Waals surface area (Å²) in [5.74, 6) is 0.266. The van der Waals surface area contributed by atoms with E-state index in [1.807, 2.05) is 22.6 Å². The molecule has 1 saturated heterocycles. The quantitative estimate of drug-likeness (QED) is 0.290. The average molecular weight is 562 g/mol. The van der Waals surface area contributed by atoms with Gasteiger partial charge in [0.15, 0.2) is 5.65 Å². The Morgan fingerprint density at radius 3 is 2.90 bits per heavy atom. The molecule has 1 aliphatic rings. The number of carbonyl (C=O) groups excluding carboxylic acids is 1. The first-order valence-corrected chi connectivity index (χ1v) is 14.2. The Morgan fingerprint density at radius 1 is 1.21 bits per heavy atom. The van der Waals surface area contributed by atoms with E-state index in [0.29, 0.717) is 52.3 Å². The van der Waals surface area contributed by atoms with Crippen molar-refractivity contribution in [3.8, 4) is 0 Å². The van der Waals surface area contributed by atoms with Gasteiger partial charge in [0.05, 0.1) is 21.3 Å². The molecule has 200 valence electrons. The van der Waals surface area contributed by atoms with Crippen LogP contribution >= 0.6 is 22.9 Å². The molecule has 0 saturated carbocycles. The zero-order chi connectivity index (χ0) is 26.9. The molecule has 0 bridgehead atoms. The highest BCUT2D eigenvalue weighted by Gasteiger charge is 2.24. The molecule has 5 aromatic rings. The second-order valence-corrected chi connectivity index (χ2v) is 11.3. The van der Waals surface area contributed by atoms with Crippen LogP contribution in [0.15, 0.2) is 53.7 Å². The average Bonchev–Trinajstić information content (AvgIpc) is 3.52. The predicted octanol–water partition coefficient (Wildman–Crippen LogP) is 4.37. The van der Waals surface area contributed by atoms with Gasteiger partial charge in [0.25, 0.3) is 5.91 Å². The van der Waals surface area contributed by atoms with Crippen molar-refractivity contribution in [1.29, 1.82) is 0 Å². The third kappa shape index (κ3) is 5.07. The molecule has 2 N–H and O–H groups in total. The summed E-state index contributed by atoms with van der Waals surface area (Å²) in [6, 6.07) is 9.53. The molecule has 1 aromatic carbocycles. The summed E-state index contributed by atoms with van der Waals surface area (Å²) in [6.45, 7) is 2.20. The molecule has 11 heteroatoms. The molecule has 6 rings (SSSR count). The van der Waals surface area contributed by atoms with Gasteiger partial charge in [-0.05, 0) is 63.2 Å². The number of amides is 1. The van der Waals surface area contributed by atoms with Crippen LogP contribution in [0.25, 0.3) is 26.1 Å². The SMILES string of the molecule is CN1CCCC1CCNC(=O)c1c(=O)c2ccc(NCCc3cnccn3)nc2n2c1sc1ccc(Cl)cc12. The van der Waals surface area contributed by atoms with Crippen molar-refractivity contribution in [2.75, 3.05) is 32.0 Å². The number of nitrogens with zero attached hydrogens (tertiary/aromatic N) is 5. The number of pyridine rings is 2. The van der Waals surface area contributed by atoms with Gasteiger partial charge in [-0.25, -0.2) is 4.98 Å². The smallest absolute Gasteiger partial charge is 0.258 e. The molecular formula is C28H28ClN7O2S. The highest BCUT2D eigenvalue weighted by atomic mass is 35.5. The minimum absolute atomic E-state index is 0.143. The zero-order valence-corrected chi connectivity index (χ0v) is 23.1. The van der Waals surface area contributed by atoms with Crippen LogP contribution in [-0.2, 0) is 6.42 Å². The number of nitrogens with one attached hydrogen (secondary N) is 2. The largest absolute Gasteiger partial charge is 0.370 e. The number of rotatable bonds is 8. The lowest BCUT2D eigenvalue weighted by Gasteiger charge is -2.19. The first-order valence-electron chi connectivity index (χ1n) is 13.0. The molecule has 9 nitrogen and oxygen atoms in total. The van der Waals surface area contributed by atoms with Gasteiger partial charge in [0, 0.05) is 49.2 Å². The maximum atomic E-state index is 13.7. The number of hydrogen-bond donors (Lipinski definition) is 2. The third-order valence-corrected chi connectivity index (χ3v) is 8.69. The highest BCUT2D eigenvalue weighted by molar-refractivity contribution is 7.24. The number of carbonyl (C=O) groups is 1. The Balaban J connectivity index is 1.37. The Kier molecular flexibility index (Phi) is 7.16. The first-order chi connectivity index (χ1) is 19.0. The fourth-order valence-corrected chi connectivity index (χ4v) is 6.60. The van der Waals surface area contributed by atoms with Crippen molar-refractivity contribution in [2.45, 2.75) is 31.7 Å². The van der Waals surface area contributed by atoms with Gasteiger partial charge in [0.2, 0.25) is 5.43 Å². The number of thiazole rings is 1. The maximum Gasteiger partial charge on any atom is 0.258 e. The molecule has 1 atom stereocenters. The monoisotopic (exact) mass is 561 g/mol. The molecular weight excluding hydrogens is 534 g/mol. The van der Waals surface area contributed by atoms with Crippen LogP contribution in [0, 0.1) is 0 Å². The van der Waals surface area contributed by atoms with Gasteiger partial charge >= 0.3 is 0 Å². The van der Waals surface area contributed by atoms with E-state index in [9.17, 15) is 9.59 Å². The van der Waals surface area contributed by atoms with Crippen molar-refractivity contribution in [3.05, 3.63) is 75.4 Å². The summed E-state index contributed by atoms with van der Waals surface area (Å²) < 4.78 is 2.80. The number of fused-ring (bicyclic) bond motifs is 5. The molecule has 5 heterocycles. The minimum atomic E-state index is -0.358. The third-order valence-electron chi connectivity index (χ3n) is 7.31. The number of aromatic nitrogens is 4. The maximum absolute atomic E-state index is 13.7. The van der Waals surface area contributed by atoms with E-state index in [1.54, 1.807) is 30.7 Å². The molecule has 1 amide bonds. The van der Waals surface area contributed by atoms with Gasteiger partial charge in [-0.3, -0.25) is 24.0 Å². The summed E-state index contributed by atoms with van der Waals surface area (Å²) in [7, 11) is 2.12. The van der Waals surface area contributed by atoms with E-state index in [1.165, 1.54) is 17.8 Å². The summed E-state index contributed by atoms with van der Waals surface area (Å²) in [5, 5.41) is 7.28. The molecule has 1 fully saturated rings. The standard InChI is InChI=1S/C28H28ClN7O2S/c1-35-14-2-3-19(35)9-11-33-27(38)24-25(37)20-5-7-23(32-10-8-18-16-30-12-13-31-18)34-26(20)36-21-15-17(29)4-6-22(21)39-28(24)36/h4-7,12-13,15-16,19H,2-3,8-11,14H2,1H3,(H,32,34)(H,33,38). The van der Waals surface area contributed by atoms with E-state index >= 15 is 0 Å². The van der Waals surface area contributed by atoms with Crippen molar-refractivity contribution in [3.63, 3.8) is 0 Å². The van der Waals surface area contributed by atoms with Crippen LogP contribution in [0.3, 0.4) is 0 Å². The Bertz CT molecular complexity index is 1740. The van der Waals surface area contributed by atoms with Crippen molar-refractivity contribution < 1.29 is 4.79 Å². The Labute approximate surface area is 233 Å². The number of benzene rings is 1. The first kappa shape index (κ1) is 25.7. The van der Waals surface area contributed by atoms with E-state index in [4.69, 9.17) is 16.6 Å². The molecule has 39 heavy (non-hydrogen) atoms. The topological polar surface area (TPSA) is 105 Å². The van der Waals surface area contributed by atoms with E-state index in [0.717, 1.165) is 35.3 Å². The van der Waals surface area contributed by atoms with Crippen LogP contribution in [-0.4, -0.2) is 62.9 Å². The summed E-state index contributed by atoms with van der Waals surface area (Å²) in [5.41, 5.74) is 1.98. The lowest BCUT2D eigenvalue weighted by molar-refractivity contribution is 0.0951. The van der Waals surface area contributed by atoms with Crippen LogP contribution in [0.5, 0.6) is 0 Å². The highest BCUT2D eigenvalue weighted by Crippen LogP contribution is 2.32. The van der Waals surface area contributed by atoms with Gasteiger partial charge in [-0.2, -0.15) is 0 Å². The summed E-state index contributed by atoms with van der Waals surface area (Å²) in [4.78, 5) is 43.3. The van der Waals surface area contributed by atoms with Gasteiger partial charge in [0.1, 0.15) is 16.2 Å².